The van der Waals surface area contributed by atoms with Crippen LogP contribution in [0.1, 0.15) is 5.56 Å². The van der Waals surface area contributed by atoms with Gasteiger partial charge in [-0.15, -0.1) is 0 Å². The lowest BCUT2D eigenvalue weighted by atomic mass is 10.3. The molecule has 0 aliphatic carbocycles. The first-order valence-electron chi connectivity index (χ1n) is 2.76. The fourth-order valence-corrected chi connectivity index (χ4v) is 0.779. The minimum absolute atomic E-state index is 0.366. The zero-order valence-corrected chi connectivity index (χ0v) is 6.88. The van der Waals surface area contributed by atoms with Crippen LogP contribution in [0.2, 0.25) is 5.15 Å². The molecule has 0 saturated heterocycles. The van der Waals surface area contributed by atoms with Crippen molar-refractivity contribution >= 4 is 29.7 Å². The Morgan fingerprint density at radius 3 is 3.09 bits per heavy atom. The summed E-state index contributed by atoms with van der Waals surface area (Å²) in [6, 6.07) is 3.48. The van der Waals surface area contributed by atoms with Gasteiger partial charge < -0.3 is 0 Å². The average molecular weight is 191 g/mol. The Balaban J connectivity index is 2.86. The molecule has 0 N–H and O–H groups in total. The number of halogens is 2. The van der Waals surface area contributed by atoms with E-state index < -0.39 is 0 Å². The third-order valence-corrected chi connectivity index (χ3v) is 1.42. The first-order valence-corrected chi connectivity index (χ1v) is 3.45. The van der Waals surface area contributed by atoms with Gasteiger partial charge in [0.2, 0.25) is 0 Å². The topological polar surface area (TPSA) is 34.5 Å². The number of pyridine rings is 1. The predicted molar refractivity (Wildman–Crippen MR) is 43.8 cm³/mol. The number of aromatic nitrogens is 1. The van der Waals surface area contributed by atoms with Gasteiger partial charge in [0, 0.05) is 11.8 Å². The zero-order chi connectivity index (χ0) is 8.10. The molecular formula is C6H4Cl2N2O. The van der Waals surface area contributed by atoms with Gasteiger partial charge in [-0.05, 0) is 12.1 Å². The highest BCUT2D eigenvalue weighted by Gasteiger charge is 1.94. The van der Waals surface area contributed by atoms with Crippen LogP contribution in [0.25, 0.3) is 0 Å². The lowest BCUT2D eigenvalue weighted by molar-refractivity contribution is 0.383. The highest BCUT2D eigenvalue weighted by atomic mass is 35.5. The van der Waals surface area contributed by atoms with Crippen molar-refractivity contribution in [2.75, 3.05) is 0 Å². The van der Waals surface area contributed by atoms with Crippen molar-refractivity contribution in [3.05, 3.63) is 29.0 Å². The largest absolute Gasteiger partial charge is 0.277 e. The summed E-state index contributed by atoms with van der Waals surface area (Å²) < 4.78 is 3.96. The summed E-state index contributed by atoms with van der Waals surface area (Å²) in [6.45, 7) is 0. The van der Waals surface area contributed by atoms with Crippen LogP contribution < -0.4 is 0 Å². The number of nitrogens with zero attached hydrogens (tertiary/aromatic N) is 2. The van der Waals surface area contributed by atoms with E-state index >= 15 is 0 Å². The molecule has 1 aromatic heterocycles. The summed E-state index contributed by atoms with van der Waals surface area (Å²) in [5.41, 5.74) is 0.662. The second-order valence-corrected chi connectivity index (χ2v) is 2.18. The van der Waals surface area contributed by atoms with Crippen LogP contribution in [-0.2, 0) is 4.39 Å². The van der Waals surface area contributed by atoms with Crippen LogP contribution in [0.5, 0.6) is 0 Å². The van der Waals surface area contributed by atoms with Crippen molar-refractivity contribution in [2.24, 2.45) is 5.16 Å². The molecule has 1 heterocycles. The Kier molecular flexibility index (Phi) is 3.14. The van der Waals surface area contributed by atoms with E-state index in [1.165, 1.54) is 6.21 Å². The second-order valence-electron chi connectivity index (χ2n) is 1.69. The van der Waals surface area contributed by atoms with E-state index in [9.17, 15) is 0 Å². The van der Waals surface area contributed by atoms with E-state index in [0.717, 1.165) is 0 Å². The minimum Gasteiger partial charge on any atom is -0.277 e. The van der Waals surface area contributed by atoms with Crippen LogP contribution in [0.4, 0.5) is 0 Å². The van der Waals surface area contributed by atoms with Crippen LogP contribution >= 0.6 is 23.5 Å². The average Bonchev–Trinajstić information content (AvgIpc) is 2.03. The van der Waals surface area contributed by atoms with Gasteiger partial charge in [0.25, 0.3) is 0 Å². The zero-order valence-electron chi connectivity index (χ0n) is 5.37. The van der Waals surface area contributed by atoms with Gasteiger partial charge in [0.05, 0.1) is 6.21 Å². The predicted octanol–water partition coefficient (Wildman–Crippen LogP) is 2.24. The van der Waals surface area contributed by atoms with Crippen molar-refractivity contribution in [3.8, 4) is 0 Å². The third-order valence-electron chi connectivity index (χ3n) is 1.02. The Bertz CT molecular complexity index is 265. The molecule has 0 amide bonds. The molecular weight excluding hydrogens is 187 g/mol. The molecule has 58 valence electrons. The van der Waals surface area contributed by atoms with Crippen LogP contribution in [-0.4, -0.2) is 11.2 Å². The lowest BCUT2D eigenvalue weighted by Gasteiger charge is -1.92. The number of rotatable bonds is 2. The summed E-state index contributed by atoms with van der Waals surface area (Å²) in [7, 11) is 0. The summed E-state index contributed by atoms with van der Waals surface area (Å²) in [4.78, 5) is 3.81. The normalized spacial score (nSPS) is 10.4. The maximum atomic E-state index is 5.66. The molecule has 0 aliphatic rings. The summed E-state index contributed by atoms with van der Waals surface area (Å²) in [6.07, 6.45) is 2.96. The van der Waals surface area contributed by atoms with E-state index in [1.807, 2.05) is 0 Å². The molecule has 1 aromatic rings. The first-order chi connectivity index (χ1) is 5.34. The van der Waals surface area contributed by atoms with Gasteiger partial charge in [-0.2, -0.15) is 0 Å². The molecule has 11 heavy (non-hydrogen) atoms. The first kappa shape index (κ1) is 8.30. The van der Waals surface area contributed by atoms with Crippen molar-refractivity contribution in [1.82, 2.24) is 4.98 Å². The Labute approximate surface area is 73.8 Å². The summed E-state index contributed by atoms with van der Waals surface area (Å²) >= 11 is 10.5. The number of hydrogen-bond donors (Lipinski definition) is 0. The Hall–Kier alpha value is -0.800. The Morgan fingerprint density at radius 2 is 2.45 bits per heavy atom. The maximum absolute atomic E-state index is 5.66. The van der Waals surface area contributed by atoms with E-state index in [1.54, 1.807) is 18.3 Å². The smallest absolute Gasteiger partial charge is 0.167 e. The molecule has 0 aliphatic heterocycles. The maximum Gasteiger partial charge on any atom is 0.167 e. The molecule has 0 atom stereocenters. The van der Waals surface area contributed by atoms with Gasteiger partial charge in [0.1, 0.15) is 5.15 Å². The molecule has 0 spiro atoms. The molecule has 3 nitrogen and oxygen atoms in total. The van der Waals surface area contributed by atoms with E-state index in [2.05, 4.69) is 14.5 Å². The van der Waals surface area contributed by atoms with Gasteiger partial charge in [-0.3, -0.25) is 4.39 Å². The number of oxime groups is 1. The highest BCUT2D eigenvalue weighted by molar-refractivity contribution is 6.31. The quantitative estimate of drug-likeness (QED) is 0.408. The minimum atomic E-state index is 0.366. The molecule has 0 fully saturated rings. The summed E-state index contributed by atoms with van der Waals surface area (Å²) in [5, 5.41) is 3.68. The van der Waals surface area contributed by atoms with Gasteiger partial charge in [-0.25, -0.2) is 4.98 Å². The van der Waals surface area contributed by atoms with Crippen LogP contribution in [0, 0.1) is 0 Å². The van der Waals surface area contributed by atoms with Crippen molar-refractivity contribution in [1.29, 1.82) is 0 Å². The molecule has 0 bridgehead atoms. The monoisotopic (exact) mass is 190 g/mol. The fraction of sp³-hybridized carbons (Fsp3) is 0. The van der Waals surface area contributed by atoms with Gasteiger partial charge >= 0.3 is 0 Å². The molecule has 0 unspecified atom stereocenters. The van der Waals surface area contributed by atoms with Crippen molar-refractivity contribution < 1.29 is 4.39 Å². The summed E-state index contributed by atoms with van der Waals surface area (Å²) in [5.74, 6) is 0. The van der Waals surface area contributed by atoms with E-state index in [4.69, 9.17) is 23.5 Å². The number of hydrogen-bond acceptors (Lipinski definition) is 3. The fourth-order valence-electron chi connectivity index (χ4n) is 0.571. The molecule has 0 saturated carbocycles. The Morgan fingerprint density at radius 1 is 1.64 bits per heavy atom. The van der Waals surface area contributed by atoms with Crippen molar-refractivity contribution in [2.45, 2.75) is 0 Å². The molecule has 0 aromatic carbocycles. The standard InChI is InChI=1S/C6H4Cl2N2O/c7-6-5(4-10-11-8)2-1-3-9-6/h1-4H. The van der Waals surface area contributed by atoms with E-state index in [-0.39, 0.29) is 0 Å². The van der Waals surface area contributed by atoms with Gasteiger partial charge in [0.15, 0.2) is 11.9 Å². The molecule has 5 heteroatoms. The van der Waals surface area contributed by atoms with Crippen molar-refractivity contribution in [3.63, 3.8) is 0 Å². The molecule has 0 radical (unpaired) electrons. The lowest BCUT2D eigenvalue weighted by Crippen LogP contribution is -1.84. The van der Waals surface area contributed by atoms with Crippen LogP contribution in [0.3, 0.4) is 0 Å². The van der Waals surface area contributed by atoms with Gasteiger partial charge in [-0.1, -0.05) is 16.8 Å². The SMILES string of the molecule is ClON=Cc1cccnc1Cl. The van der Waals surface area contributed by atoms with Crippen LogP contribution in [0.15, 0.2) is 23.5 Å². The third kappa shape index (κ3) is 2.37. The second kappa shape index (κ2) is 4.16. The van der Waals surface area contributed by atoms with E-state index in [0.29, 0.717) is 10.7 Å². The molecule has 1 rings (SSSR count). The highest BCUT2D eigenvalue weighted by Crippen LogP contribution is 2.08.